The van der Waals surface area contributed by atoms with Crippen LogP contribution in [0.4, 0.5) is 4.39 Å². The molecule has 1 saturated heterocycles. The lowest BCUT2D eigenvalue weighted by Gasteiger charge is -2.27. The van der Waals surface area contributed by atoms with E-state index in [1.807, 2.05) is 12.1 Å². The smallest absolute Gasteiger partial charge is 0.126 e. The van der Waals surface area contributed by atoms with Crippen molar-refractivity contribution in [3.63, 3.8) is 0 Å². The molecule has 76 valence electrons. The fourth-order valence-electron chi connectivity index (χ4n) is 2.32. The molecule has 0 aliphatic carbocycles. The standard InChI is InChI=1S/C12H16FN/c1-12(2)10(7-8-14-12)9-5-3-4-6-11(9)13/h3-6,10,14H,7-8H2,1-2H3/t10-/m0/s1. The highest BCUT2D eigenvalue weighted by molar-refractivity contribution is 5.26. The fourth-order valence-corrected chi connectivity index (χ4v) is 2.32. The van der Waals surface area contributed by atoms with Crippen molar-refractivity contribution in [1.82, 2.24) is 5.32 Å². The van der Waals surface area contributed by atoms with Crippen LogP contribution < -0.4 is 5.32 Å². The molecule has 1 nitrogen and oxygen atoms in total. The summed E-state index contributed by atoms with van der Waals surface area (Å²) in [5.41, 5.74) is 0.866. The second kappa shape index (κ2) is 3.35. The van der Waals surface area contributed by atoms with Crippen LogP contribution in [0.2, 0.25) is 0 Å². The maximum absolute atomic E-state index is 13.6. The van der Waals surface area contributed by atoms with Gasteiger partial charge in [-0.2, -0.15) is 0 Å². The zero-order chi connectivity index (χ0) is 10.2. The predicted molar refractivity (Wildman–Crippen MR) is 55.8 cm³/mol. The number of rotatable bonds is 1. The third kappa shape index (κ3) is 1.55. The molecule has 0 amide bonds. The molecule has 0 aromatic heterocycles. The zero-order valence-electron chi connectivity index (χ0n) is 8.68. The van der Waals surface area contributed by atoms with Crippen molar-refractivity contribution in [3.05, 3.63) is 35.6 Å². The predicted octanol–water partition coefficient (Wildman–Crippen LogP) is 2.68. The van der Waals surface area contributed by atoms with Crippen LogP contribution in [0.15, 0.2) is 24.3 Å². The van der Waals surface area contributed by atoms with Crippen molar-refractivity contribution in [1.29, 1.82) is 0 Å². The lowest BCUT2D eigenvalue weighted by molar-refractivity contribution is 0.400. The number of hydrogen-bond acceptors (Lipinski definition) is 1. The maximum atomic E-state index is 13.6. The first-order valence-corrected chi connectivity index (χ1v) is 5.11. The summed E-state index contributed by atoms with van der Waals surface area (Å²) in [5, 5.41) is 3.40. The van der Waals surface area contributed by atoms with Crippen LogP contribution in [0, 0.1) is 5.82 Å². The molecule has 1 aliphatic rings. The summed E-state index contributed by atoms with van der Waals surface area (Å²) in [6, 6.07) is 7.10. The Morgan fingerprint density at radius 1 is 1.36 bits per heavy atom. The van der Waals surface area contributed by atoms with Gasteiger partial charge in [-0.1, -0.05) is 18.2 Å². The molecule has 0 radical (unpaired) electrons. The van der Waals surface area contributed by atoms with Crippen molar-refractivity contribution in [2.75, 3.05) is 6.54 Å². The molecule has 14 heavy (non-hydrogen) atoms. The Morgan fingerprint density at radius 2 is 2.07 bits per heavy atom. The van der Waals surface area contributed by atoms with E-state index in [9.17, 15) is 4.39 Å². The summed E-state index contributed by atoms with van der Waals surface area (Å²) in [6.07, 6.45) is 1.02. The Hall–Kier alpha value is -0.890. The van der Waals surface area contributed by atoms with Gasteiger partial charge in [-0.15, -0.1) is 0 Å². The number of hydrogen-bond donors (Lipinski definition) is 1. The lowest BCUT2D eigenvalue weighted by atomic mass is 9.83. The highest BCUT2D eigenvalue weighted by atomic mass is 19.1. The lowest BCUT2D eigenvalue weighted by Crippen LogP contribution is -2.37. The monoisotopic (exact) mass is 193 g/mol. The van der Waals surface area contributed by atoms with Crippen molar-refractivity contribution in [3.8, 4) is 0 Å². The van der Waals surface area contributed by atoms with Gasteiger partial charge in [0.1, 0.15) is 5.82 Å². The second-order valence-electron chi connectivity index (χ2n) is 4.51. The quantitative estimate of drug-likeness (QED) is 0.723. The van der Waals surface area contributed by atoms with Gasteiger partial charge >= 0.3 is 0 Å². The third-order valence-electron chi connectivity index (χ3n) is 3.17. The Bertz CT molecular complexity index is 333. The summed E-state index contributed by atoms with van der Waals surface area (Å²) in [6.45, 7) is 5.25. The SMILES string of the molecule is CC1(C)NCC[C@H]1c1ccccc1F. The average molecular weight is 193 g/mol. The molecule has 1 heterocycles. The first-order chi connectivity index (χ1) is 6.61. The van der Waals surface area contributed by atoms with Crippen molar-refractivity contribution < 1.29 is 4.39 Å². The van der Waals surface area contributed by atoms with E-state index >= 15 is 0 Å². The summed E-state index contributed by atoms with van der Waals surface area (Å²) < 4.78 is 13.6. The topological polar surface area (TPSA) is 12.0 Å². The van der Waals surface area contributed by atoms with E-state index in [2.05, 4.69) is 19.2 Å². The Balaban J connectivity index is 2.36. The minimum Gasteiger partial charge on any atom is -0.311 e. The Labute approximate surface area is 84.3 Å². The zero-order valence-corrected chi connectivity index (χ0v) is 8.68. The van der Waals surface area contributed by atoms with Gasteiger partial charge in [0.2, 0.25) is 0 Å². The summed E-state index contributed by atoms with van der Waals surface area (Å²) in [5.74, 6) is 0.220. The van der Waals surface area contributed by atoms with Gasteiger partial charge in [0.25, 0.3) is 0 Å². The largest absolute Gasteiger partial charge is 0.311 e. The Morgan fingerprint density at radius 3 is 2.64 bits per heavy atom. The molecule has 0 spiro atoms. The molecule has 2 rings (SSSR count). The van der Waals surface area contributed by atoms with E-state index in [1.165, 1.54) is 0 Å². The molecule has 1 N–H and O–H groups in total. The van der Waals surface area contributed by atoms with Crippen LogP contribution in [0.5, 0.6) is 0 Å². The van der Waals surface area contributed by atoms with Gasteiger partial charge < -0.3 is 5.32 Å². The molecule has 1 fully saturated rings. The molecule has 0 saturated carbocycles. The van der Waals surface area contributed by atoms with E-state index in [-0.39, 0.29) is 11.4 Å². The highest BCUT2D eigenvalue weighted by Crippen LogP contribution is 2.36. The van der Waals surface area contributed by atoms with Crippen LogP contribution >= 0.6 is 0 Å². The van der Waals surface area contributed by atoms with Crippen molar-refractivity contribution in [2.45, 2.75) is 31.7 Å². The third-order valence-corrected chi connectivity index (χ3v) is 3.17. The molecule has 1 atom stereocenters. The first kappa shape index (κ1) is 9.66. The van der Waals surface area contributed by atoms with Crippen LogP contribution in [0.25, 0.3) is 0 Å². The van der Waals surface area contributed by atoms with Gasteiger partial charge in [0.05, 0.1) is 0 Å². The van der Waals surface area contributed by atoms with Crippen molar-refractivity contribution in [2.24, 2.45) is 0 Å². The molecular formula is C12H16FN. The van der Waals surface area contributed by atoms with Crippen LogP contribution in [-0.4, -0.2) is 12.1 Å². The van der Waals surface area contributed by atoms with Gasteiger partial charge in [0.15, 0.2) is 0 Å². The molecule has 0 unspecified atom stereocenters. The second-order valence-corrected chi connectivity index (χ2v) is 4.51. The van der Waals surface area contributed by atoms with Crippen LogP contribution in [0.3, 0.4) is 0 Å². The van der Waals surface area contributed by atoms with E-state index in [0.29, 0.717) is 5.92 Å². The van der Waals surface area contributed by atoms with Crippen LogP contribution in [0.1, 0.15) is 31.7 Å². The van der Waals surface area contributed by atoms with Gasteiger partial charge in [0, 0.05) is 11.5 Å². The molecule has 1 aromatic carbocycles. The fraction of sp³-hybridized carbons (Fsp3) is 0.500. The normalized spacial score (nSPS) is 25.2. The molecule has 0 bridgehead atoms. The van der Waals surface area contributed by atoms with Crippen LogP contribution in [-0.2, 0) is 0 Å². The van der Waals surface area contributed by atoms with Crippen molar-refractivity contribution >= 4 is 0 Å². The summed E-state index contributed by atoms with van der Waals surface area (Å²) in [4.78, 5) is 0. The van der Waals surface area contributed by atoms with Gasteiger partial charge in [-0.05, 0) is 38.4 Å². The van der Waals surface area contributed by atoms with Gasteiger partial charge in [-0.25, -0.2) is 4.39 Å². The minimum absolute atomic E-state index is 0.0161. The number of benzene rings is 1. The number of nitrogens with one attached hydrogen (secondary N) is 1. The average Bonchev–Trinajstić information content (AvgIpc) is 2.46. The molecule has 1 aliphatic heterocycles. The van der Waals surface area contributed by atoms with E-state index in [4.69, 9.17) is 0 Å². The molecule has 1 aromatic rings. The highest BCUT2D eigenvalue weighted by Gasteiger charge is 2.36. The maximum Gasteiger partial charge on any atom is 0.126 e. The van der Waals surface area contributed by atoms with Gasteiger partial charge in [-0.3, -0.25) is 0 Å². The molecular weight excluding hydrogens is 177 g/mol. The summed E-state index contributed by atoms with van der Waals surface area (Å²) >= 11 is 0. The summed E-state index contributed by atoms with van der Waals surface area (Å²) in [7, 11) is 0. The van der Waals surface area contributed by atoms with E-state index in [0.717, 1.165) is 18.5 Å². The molecule has 2 heteroatoms. The van der Waals surface area contributed by atoms with E-state index in [1.54, 1.807) is 12.1 Å². The first-order valence-electron chi connectivity index (χ1n) is 5.11. The number of halogens is 1. The minimum atomic E-state index is -0.0747. The Kier molecular flexibility index (Phi) is 2.31. The van der Waals surface area contributed by atoms with E-state index < -0.39 is 0 Å².